The summed E-state index contributed by atoms with van der Waals surface area (Å²) in [4.78, 5) is 13.9. The van der Waals surface area contributed by atoms with E-state index in [4.69, 9.17) is 0 Å². The van der Waals surface area contributed by atoms with Crippen LogP contribution in [0.3, 0.4) is 0 Å². The average molecular weight is 427 g/mol. The summed E-state index contributed by atoms with van der Waals surface area (Å²) in [6, 6.07) is 24.8. The Hall–Kier alpha value is -3.40. The maximum absolute atomic E-state index is 11.7. The zero-order valence-corrected chi connectivity index (χ0v) is 19.0. The normalized spacial score (nSPS) is 17.0. The molecule has 0 N–H and O–H groups in total. The van der Waals surface area contributed by atoms with E-state index in [1.54, 1.807) is 0 Å². The van der Waals surface area contributed by atoms with Crippen molar-refractivity contribution in [3.05, 3.63) is 123 Å². The van der Waals surface area contributed by atoms with Crippen molar-refractivity contribution in [2.24, 2.45) is 0 Å². The Morgan fingerprint density at radius 3 is 2.16 bits per heavy atom. The second kappa shape index (κ2) is 9.39. The van der Waals surface area contributed by atoms with Gasteiger partial charge in [0.15, 0.2) is 0 Å². The molecule has 0 spiro atoms. The van der Waals surface area contributed by atoms with Crippen LogP contribution in [0.2, 0.25) is 0 Å². The van der Waals surface area contributed by atoms with Crippen LogP contribution in [-0.4, -0.2) is 18.0 Å². The zero-order chi connectivity index (χ0) is 22.7. The summed E-state index contributed by atoms with van der Waals surface area (Å²) in [6.45, 7) is 7.19. The van der Waals surface area contributed by atoms with Crippen LogP contribution in [0.5, 0.6) is 0 Å². The van der Waals surface area contributed by atoms with E-state index < -0.39 is 0 Å². The smallest absolute Gasteiger partial charge is 0.214 e. The van der Waals surface area contributed by atoms with Crippen LogP contribution in [0.1, 0.15) is 46.1 Å². The molecule has 2 atom stereocenters. The van der Waals surface area contributed by atoms with E-state index >= 15 is 0 Å². The monoisotopic (exact) mass is 426 g/mol. The number of benzene rings is 3. The van der Waals surface area contributed by atoms with E-state index in [1.807, 2.05) is 36.4 Å². The summed E-state index contributed by atoms with van der Waals surface area (Å²) in [6.07, 6.45) is 3.12. The van der Waals surface area contributed by atoms with Crippen molar-refractivity contribution >= 4 is 5.69 Å². The molecule has 0 saturated heterocycles. The van der Waals surface area contributed by atoms with Crippen molar-refractivity contribution in [2.75, 3.05) is 18.0 Å². The highest BCUT2D eigenvalue weighted by molar-refractivity contribution is 5.63. The number of hydrogen-bond donors (Lipinski definition) is 0. The molecule has 164 valence electrons. The molecule has 0 bridgehead atoms. The second-order valence-electron chi connectivity index (χ2n) is 8.80. The fourth-order valence-corrected chi connectivity index (χ4v) is 5.19. The number of rotatable bonds is 6. The Labute approximate surface area is 190 Å². The summed E-state index contributed by atoms with van der Waals surface area (Å²) in [5.41, 5.74) is 8.28. The molecule has 4 heteroatoms. The minimum atomic E-state index is -0.273. The molecule has 1 aliphatic rings. The van der Waals surface area contributed by atoms with Gasteiger partial charge < -0.3 is 4.90 Å². The van der Waals surface area contributed by atoms with Crippen LogP contribution < -0.4 is 4.90 Å². The number of nitrogens with zero attached hydrogens (tertiary/aromatic N) is 2. The molecule has 2 unspecified atom stereocenters. The van der Waals surface area contributed by atoms with Gasteiger partial charge in [-0.2, -0.15) is 0 Å². The van der Waals surface area contributed by atoms with Crippen molar-refractivity contribution in [1.82, 2.24) is 0 Å². The van der Waals surface area contributed by atoms with Gasteiger partial charge in [-0.1, -0.05) is 78.4 Å². The molecule has 32 heavy (non-hydrogen) atoms. The molecule has 0 radical (unpaired) electrons. The first-order valence-corrected chi connectivity index (χ1v) is 11.2. The molecule has 3 aromatic rings. The van der Waals surface area contributed by atoms with Crippen LogP contribution in [0.25, 0.3) is 0 Å². The Morgan fingerprint density at radius 2 is 1.56 bits per heavy atom. The van der Waals surface area contributed by atoms with E-state index in [-0.39, 0.29) is 23.3 Å². The molecule has 3 aromatic carbocycles. The average Bonchev–Trinajstić information content (AvgIpc) is 2.78. The lowest BCUT2D eigenvalue weighted by Crippen LogP contribution is -2.31. The van der Waals surface area contributed by atoms with Gasteiger partial charge in [0.25, 0.3) is 0 Å². The van der Waals surface area contributed by atoms with Gasteiger partial charge in [0.05, 0.1) is 5.92 Å². The fourth-order valence-electron chi connectivity index (χ4n) is 5.19. The van der Waals surface area contributed by atoms with Gasteiger partial charge in [0.2, 0.25) is 6.54 Å². The van der Waals surface area contributed by atoms with E-state index in [9.17, 15) is 10.1 Å². The van der Waals surface area contributed by atoms with E-state index in [1.165, 1.54) is 27.9 Å². The third-order valence-electron chi connectivity index (χ3n) is 6.43. The lowest BCUT2D eigenvalue weighted by molar-refractivity contribution is -0.482. The molecule has 0 aromatic heterocycles. The summed E-state index contributed by atoms with van der Waals surface area (Å²) in [5, 5.41) is 11.7. The van der Waals surface area contributed by atoms with Crippen molar-refractivity contribution in [2.45, 2.75) is 39.0 Å². The van der Waals surface area contributed by atoms with Crippen molar-refractivity contribution in [3.63, 3.8) is 0 Å². The lowest BCUT2D eigenvalue weighted by atomic mass is 9.77. The highest BCUT2D eigenvalue weighted by Gasteiger charge is 2.33. The van der Waals surface area contributed by atoms with E-state index in [0.717, 1.165) is 24.1 Å². The Morgan fingerprint density at radius 1 is 0.969 bits per heavy atom. The minimum Gasteiger partial charge on any atom is -0.348 e. The third kappa shape index (κ3) is 4.59. The van der Waals surface area contributed by atoms with Crippen LogP contribution in [0.4, 0.5) is 5.69 Å². The summed E-state index contributed by atoms with van der Waals surface area (Å²) >= 11 is 0. The third-order valence-corrected chi connectivity index (χ3v) is 6.43. The Kier molecular flexibility index (Phi) is 6.40. The van der Waals surface area contributed by atoms with Gasteiger partial charge in [0, 0.05) is 29.3 Å². The Balaban J connectivity index is 1.86. The first-order valence-electron chi connectivity index (χ1n) is 11.2. The number of hydrogen-bond acceptors (Lipinski definition) is 3. The number of nitro groups is 1. The minimum absolute atomic E-state index is 0.112. The molecule has 0 fully saturated rings. The quantitative estimate of drug-likeness (QED) is 0.332. The Bertz CT molecular complexity index is 1100. The summed E-state index contributed by atoms with van der Waals surface area (Å²) in [7, 11) is 0. The SMILES string of the molecule is Cc1cc(C)c(N2C=C(C(C[N+](=O)[O-])c3ccccc3)C(c3ccccc3)CC2)c(C)c1. The van der Waals surface area contributed by atoms with Crippen LogP contribution in [0, 0.1) is 30.9 Å². The van der Waals surface area contributed by atoms with E-state index in [2.05, 4.69) is 68.3 Å². The van der Waals surface area contributed by atoms with Crippen molar-refractivity contribution in [3.8, 4) is 0 Å². The van der Waals surface area contributed by atoms with Gasteiger partial charge in [-0.05, 0) is 55.0 Å². The molecule has 0 amide bonds. The maximum atomic E-state index is 11.7. The molecule has 1 aliphatic heterocycles. The van der Waals surface area contributed by atoms with Gasteiger partial charge in [0.1, 0.15) is 0 Å². The highest BCUT2D eigenvalue weighted by atomic mass is 16.6. The fraction of sp³-hybridized carbons (Fsp3) is 0.286. The zero-order valence-electron chi connectivity index (χ0n) is 19.0. The molecule has 4 nitrogen and oxygen atoms in total. The van der Waals surface area contributed by atoms with Crippen LogP contribution >= 0.6 is 0 Å². The molecule has 1 heterocycles. The van der Waals surface area contributed by atoms with Crippen molar-refractivity contribution in [1.29, 1.82) is 0 Å². The molecular formula is C28H30N2O2. The standard InChI is InChI=1S/C28H30N2O2/c1-20-16-21(2)28(22(3)17-20)29-15-14-25(23-10-6-4-7-11-23)27(18-29)26(19-30(31)32)24-12-8-5-9-13-24/h4-13,16-18,25-26H,14-15,19H2,1-3H3. The van der Waals surface area contributed by atoms with Crippen molar-refractivity contribution < 1.29 is 4.92 Å². The highest BCUT2D eigenvalue weighted by Crippen LogP contribution is 2.42. The van der Waals surface area contributed by atoms with Crippen LogP contribution in [0.15, 0.2) is 84.6 Å². The lowest BCUT2D eigenvalue weighted by Gasteiger charge is -2.37. The largest absolute Gasteiger partial charge is 0.348 e. The number of anilines is 1. The predicted octanol–water partition coefficient (Wildman–Crippen LogP) is 6.55. The van der Waals surface area contributed by atoms with Gasteiger partial charge in [-0.15, -0.1) is 0 Å². The molecular weight excluding hydrogens is 396 g/mol. The van der Waals surface area contributed by atoms with Gasteiger partial charge in [-0.25, -0.2) is 0 Å². The van der Waals surface area contributed by atoms with E-state index in [0.29, 0.717) is 0 Å². The van der Waals surface area contributed by atoms with Crippen LogP contribution in [-0.2, 0) is 0 Å². The molecule has 0 saturated carbocycles. The second-order valence-corrected chi connectivity index (χ2v) is 8.80. The topological polar surface area (TPSA) is 46.4 Å². The molecule has 0 aliphatic carbocycles. The summed E-state index contributed by atoms with van der Waals surface area (Å²) in [5.74, 6) is -0.117. The maximum Gasteiger partial charge on any atom is 0.214 e. The summed E-state index contributed by atoms with van der Waals surface area (Å²) < 4.78 is 0. The van der Waals surface area contributed by atoms with Gasteiger partial charge >= 0.3 is 0 Å². The first-order chi connectivity index (χ1) is 15.4. The molecule has 4 rings (SSSR count). The first kappa shape index (κ1) is 21.8. The number of aryl methyl sites for hydroxylation is 3. The van der Waals surface area contributed by atoms with Gasteiger partial charge in [-0.3, -0.25) is 10.1 Å². The predicted molar refractivity (Wildman–Crippen MR) is 131 cm³/mol.